The lowest BCUT2D eigenvalue weighted by molar-refractivity contribution is -0.688. The van der Waals surface area contributed by atoms with Gasteiger partial charge >= 0.3 is 0 Å². The Labute approximate surface area is 213 Å². The maximum Gasteiger partial charge on any atom is -0.0103 e. The van der Waals surface area contributed by atoms with E-state index >= 15 is 0 Å². The van der Waals surface area contributed by atoms with Crippen LogP contribution in [0.1, 0.15) is 123 Å². The van der Waals surface area contributed by atoms with Gasteiger partial charge in [0.1, 0.15) is 0 Å². The summed E-state index contributed by atoms with van der Waals surface area (Å²) in [6.45, 7) is 38.1. The third-order valence-electron chi connectivity index (χ3n) is 19.1. The zero-order valence-corrected chi connectivity index (χ0v) is 25.4. The van der Waals surface area contributed by atoms with E-state index in [4.69, 9.17) is 0 Å². The fourth-order valence-electron chi connectivity index (χ4n) is 16.7. The SMILES string of the molecule is CCC(C)C1CC23C4(C)C(C)C(C)C4(C)C2(C)C2(C)C4(C)C(C)C(CCC(C)C1C)C4(C)C23C. The minimum Gasteiger partial charge on any atom is -0.0651 e. The van der Waals surface area contributed by atoms with E-state index in [-0.39, 0.29) is 0 Å². The monoisotopic (exact) mass is 466 g/mol. The highest BCUT2D eigenvalue weighted by Crippen LogP contribution is 3.16. The zero-order chi connectivity index (χ0) is 25.4. The highest BCUT2D eigenvalue weighted by Gasteiger charge is 3.12. The van der Waals surface area contributed by atoms with E-state index in [1.54, 1.807) is 0 Å². The summed E-state index contributed by atoms with van der Waals surface area (Å²) in [6, 6.07) is 0. The summed E-state index contributed by atoms with van der Waals surface area (Å²) >= 11 is 0. The zero-order valence-electron chi connectivity index (χ0n) is 25.4. The van der Waals surface area contributed by atoms with Crippen molar-refractivity contribution in [2.45, 2.75) is 123 Å². The summed E-state index contributed by atoms with van der Waals surface area (Å²) in [5, 5.41) is 0. The second-order valence-corrected chi connectivity index (χ2v) is 16.7. The van der Waals surface area contributed by atoms with Crippen molar-refractivity contribution in [3.8, 4) is 0 Å². The van der Waals surface area contributed by atoms with Crippen LogP contribution in [0.25, 0.3) is 0 Å². The number of hydrogen-bond donors (Lipinski definition) is 0. The van der Waals surface area contributed by atoms with Crippen molar-refractivity contribution in [1.29, 1.82) is 0 Å². The standard InChI is InChI=1S/C34H58/c1-15-19(2)25-18-34-29(10)23(6)22(5)27(29,8)32(34,13)31(12)28(9)24(7)26(17-16-20(3)21(25)4)30(28,11)33(31,34)14/h19-26H,15-18H2,1-14H3. The lowest BCUT2D eigenvalue weighted by Gasteiger charge is -3.15. The van der Waals surface area contributed by atoms with Gasteiger partial charge in [-0.15, -0.1) is 0 Å². The molecule has 6 aliphatic carbocycles. The van der Waals surface area contributed by atoms with Crippen LogP contribution >= 0.6 is 0 Å². The van der Waals surface area contributed by atoms with Crippen molar-refractivity contribution in [1.82, 2.24) is 0 Å². The molecular weight excluding hydrogens is 408 g/mol. The predicted octanol–water partition coefficient (Wildman–Crippen LogP) is 9.73. The van der Waals surface area contributed by atoms with Gasteiger partial charge in [-0.25, -0.2) is 0 Å². The Kier molecular flexibility index (Phi) is 4.19. The predicted molar refractivity (Wildman–Crippen MR) is 145 cm³/mol. The van der Waals surface area contributed by atoms with Gasteiger partial charge in [0.05, 0.1) is 0 Å². The Morgan fingerprint density at radius 3 is 1.71 bits per heavy atom. The van der Waals surface area contributed by atoms with Gasteiger partial charge in [-0.1, -0.05) is 110 Å². The highest BCUT2D eigenvalue weighted by atomic mass is 15.2. The normalized spacial score (nSPS) is 72.7. The molecule has 0 radical (unpaired) electrons. The Balaban J connectivity index is 1.64. The topological polar surface area (TPSA) is 0 Å². The number of rotatable bonds is 2. The molecule has 1 spiro atoms. The molecule has 16 unspecified atom stereocenters. The van der Waals surface area contributed by atoms with Crippen molar-refractivity contribution < 1.29 is 0 Å². The van der Waals surface area contributed by atoms with E-state index in [9.17, 15) is 0 Å². The molecule has 6 fully saturated rings. The first-order valence-electron chi connectivity index (χ1n) is 15.5. The minimum absolute atomic E-state index is 0.462. The summed E-state index contributed by atoms with van der Waals surface area (Å²) in [7, 11) is 0. The third-order valence-corrected chi connectivity index (χ3v) is 19.1. The molecule has 194 valence electrons. The van der Waals surface area contributed by atoms with Crippen LogP contribution < -0.4 is 0 Å². The van der Waals surface area contributed by atoms with Gasteiger partial charge < -0.3 is 0 Å². The van der Waals surface area contributed by atoms with E-state index in [0.29, 0.717) is 43.3 Å². The van der Waals surface area contributed by atoms with Crippen molar-refractivity contribution >= 4 is 0 Å². The van der Waals surface area contributed by atoms with Crippen LogP contribution in [0.3, 0.4) is 0 Å². The first-order chi connectivity index (χ1) is 15.5. The van der Waals surface area contributed by atoms with Gasteiger partial charge in [-0.2, -0.15) is 0 Å². The van der Waals surface area contributed by atoms with Crippen LogP contribution in [0.4, 0.5) is 0 Å². The summed E-state index contributed by atoms with van der Waals surface area (Å²) in [5.41, 5.74) is 3.89. The van der Waals surface area contributed by atoms with Crippen molar-refractivity contribution in [2.75, 3.05) is 0 Å². The molecule has 0 saturated heterocycles. The molecule has 0 aliphatic heterocycles. The molecule has 0 aromatic carbocycles. The summed E-state index contributed by atoms with van der Waals surface area (Å²) in [4.78, 5) is 0. The molecule has 0 aromatic heterocycles. The molecule has 0 bridgehead atoms. The molecule has 0 heteroatoms. The van der Waals surface area contributed by atoms with E-state index in [2.05, 4.69) is 96.9 Å². The van der Waals surface area contributed by atoms with Crippen LogP contribution in [0, 0.1) is 90.7 Å². The van der Waals surface area contributed by atoms with Crippen LogP contribution in [0.5, 0.6) is 0 Å². The molecule has 34 heavy (non-hydrogen) atoms. The molecule has 0 heterocycles. The Hall–Kier alpha value is 0. The highest BCUT2D eigenvalue weighted by molar-refractivity contribution is 5.59. The Morgan fingerprint density at radius 1 is 0.647 bits per heavy atom. The average molecular weight is 467 g/mol. The molecule has 0 N–H and O–H groups in total. The summed E-state index contributed by atoms with van der Waals surface area (Å²) in [5.74, 6) is 6.92. The summed E-state index contributed by atoms with van der Waals surface area (Å²) < 4.78 is 0. The molecule has 6 rings (SSSR count). The van der Waals surface area contributed by atoms with Gasteiger partial charge in [0.25, 0.3) is 0 Å². The quantitative estimate of drug-likeness (QED) is 0.380. The maximum atomic E-state index is 2.87. The van der Waals surface area contributed by atoms with Gasteiger partial charge in [0.15, 0.2) is 0 Å². The maximum absolute atomic E-state index is 2.87. The van der Waals surface area contributed by atoms with Gasteiger partial charge in [-0.3, -0.25) is 0 Å². The molecule has 6 saturated carbocycles. The Morgan fingerprint density at radius 2 is 1.15 bits per heavy atom. The summed E-state index contributed by atoms with van der Waals surface area (Å²) in [6.07, 6.45) is 5.78. The lowest BCUT2D eigenvalue weighted by atomic mass is 8.88. The van der Waals surface area contributed by atoms with Crippen LogP contribution in [-0.4, -0.2) is 0 Å². The molecule has 0 amide bonds. The van der Waals surface area contributed by atoms with Crippen molar-refractivity contribution in [3.05, 3.63) is 0 Å². The van der Waals surface area contributed by atoms with Crippen LogP contribution in [0.15, 0.2) is 0 Å². The van der Waals surface area contributed by atoms with Gasteiger partial charge in [0.2, 0.25) is 0 Å². The smallest absolute Gasteiger partial charge is 0.0103 e. The first-order valence-corrected chi connectivity index (χ1v) is 15.5. The second-order valence-electron chi connectivity index (χ2n) is 16.7. The van der Waals surface area contributed by atoms with E-state index in [1.165, 1.54) is 25.7 Å². The van der Waals surface area contributed by atoms with Crippen molar-refractivity contribution in [3.63, 3.8) is 0 Å². The fourth-order valence-corrected chi connectivity index (χ4v) is 16.7. The molecule has 0 aromatic rings. The fraction of sp³-hybridized carbons (Fsp3) is 1.00. The molecule has 16 atom stereocenters. The minimum atomic E-state index is 0.462. The van der Waals surface area contributed by atoms with Crippen molar-refractivity contribution in [2.24, 2.45) is 90.7 Å². The van der Waals surface area contributed by atoms with Gasteiger partial charge in [-0.05, 0) is 104 Å². The van der Waals surface area contributed by atoms with Gasteiger partial charge in [0, 0.05) is 0 Å². The third kappa shape index (κ3) is 1.44. The van der Waals surface area contributed by atoms with E-state index in [0.717, 1.165) is 47.3 Å². The first kappa shape index (κ1) is 24.3. The lowest BCUT2D eigenvalue weighted by Crippen LogP contribution is -3.11. The Bertz CT molecular complexity index is 950. The second kappa shape index (κ2) is 5.85. The largest absolute Gasteiger partial charge is 0.0651 e. The van der Waals surface area contributed by atoms with E-state index in [1.807, 2.05) is 0 Å². The van der Waals surface area contributed by atoms with E-state index < -0.39 is 0 Å². The molecule has 6 aliphatic rings. The molecule has 0 nitrogen and oxygen atoms in total. The molecular formula is C34H58. The van der Waals surface area contributed by atoms with Crippen LogP contribution in [-0.2, 0) is 0 Å². The number of fused-ring (bicyclic) bond motifs is 4. The average Bonchev–Trinajstić information content (AvgIpc) is 2.83. The van der Waals surface area contributed by atoms with Crippen LogP contribution in [0.2, 0.25) is 0 Å². The number of hydrogen-bond acceptors (Lipinski definition) is 0.